The molecule has 1 heterocycles. The lowest BCUT2D eigenvalue weighted by molar-refractivity contribution is 0.0702. The zero-order valence-corrected chi connectivity index (χ0v) is 9.59. The second-order valence-corrected chi connectivity index (χ2v) is 4.47. The molecule has 1 aromatic heterocycles. The van der Waals surface area contributed by atoms with E-state index in [2.05, 4.69) is 0 Å². The summed E-state index contributed by atoms with van der Waals surface area (Å²) in [4.78, 5) is 10.9. The normalized spacial score (nSPS) is 10.1. The molecule has 0 saturated carbocycles. The van der Waals surface area contributed by atoms with Crippen LogP contribution in [0.1, 0.15) is 9.67 Å². The highest BCUT2D eigenvalue weighted by molar-refractivity contribution is 7.15. The van der Waals surface area contributed by atoms with Gasteiger partial charge >= 0.3 is 5.97 Å². The number of thiophene rings is 1. The van der Waals surface area contributed by atoms with Crippen LogP contribution in [0, 0.1) is 0 Å². The van der Waals surface area contributed by atoms with E-state index < -0.39 is 5.97 Å². The third-order valence-electron chi connectivity index (χ3n) is 1.81. The summed E-state index contributed by atoms with van der Waals surface area (Å²) < 4.78 is 5.46. The van der Waals surface area contributed by atoms with E-state index in [1.807, 2.05) is 0 Å². The summed E-state index contributed by atoms with van der Waals surface area (Å²) in [7, 11) is 0. The average molecular weight is 255 g/mol. The van der Waals surface area contributed by atoms with Gasteiger partial charge in [-0.2, -0.15) is 0 Å². The summed E-state index contributed by atoms with van der Waals surface area (Å²) in [6.07, 6.45) is 0. The molecule has 0 saturated heterocycles. The molecule has 1 N–H and O–H groups in total. The molecular formula is C11H7ClO3S. The van der Waals surface area contributed by atoms with Gasteiger partial charge in [-0.3, -0.25) is 0 Å². The van der Waals surface area contributed by atoms with E-state index in [4.69, 9.17) is 21.4 Å². The van der Waals surface area contributed by atoms with Crippen LogP contribution in [0.4, 0.5) is 0 Å². The minimum Gasteiger partial charge on any atom is -0.477 e. The van der Waals surface area contributed by atoms with Crippen LogP contribution in [0.3, 0.4) is 0 Å². The van der Waals surface area contributed by atoms with E-state index in [1.54, 1.807) is 30.3 Å². The number of carboxylic acid groups (broad SMARTS) is 1. The first-order valence-corrected chi connectivity index (χ1v) is 5.61. The molecule has 0 atom stereocenters. The Labute approximate surface area is 101 Å². The first-order valence-electron chi connectivity index (χ1n) is 4.42. The Bertz CT molecular complexity index is 521. The fourth-order valence-electron chi connectivity index (χ4n) is 1.14. The van der Waals surface area contributed by atoms with E-state index in [9.17, 15) is 4.79 Å². The molecular weight excluding hydrogens is 248 g/mol. The monoisotopic (exact) mass is 254 g/mol. The predicted molar refractivity (Wildman–Crippen MR) is 62.8 cm³/mol. The van der Waals surface area contributed by atoms with Gasteiger partial charge in [0.25, 0.3) is 0 Å². The number of carboxylic acids is 1. The molecule has 0 spiro atoms. The van der Waals surface area contributed by atoms with Crippen LogP contribution in [0.5, 0.6) is 10.8 Å². The minimum absolute atomic E-state index is 0.247. The topological polar surface area (TPSA) is 46.5 Å². The smallest absolute Gasteiger partial charge is 0.345 e. The van der Waals surface area contributed by atoms with Gasteiger partial charge in [-0.25, -0.2) is 4.79 Å². The van der Waals surface area contributed by atoms with Crippen molar-refractivity contribution in [2.45, 2.75) is 0 Å². The van der Waals surface area contributed by atoms with E-state index in [1.165, 1.54) is 6.07 Å². The number of halogens is 1. The van der Waals surface area contributed by atoms with Gasteiger partial charge in [0.15, 0.2) is 5.06 Å². The van der Waals surface area contributed by atoms with Crippen LogP contribution in [0.2, 0.25) is 5.02 Å². The van der Waals surface area contributed by atoms with Crippen molar-refractivity contribution in [1.29, 1.82) is 0 Å². The Hall–Kier alpha value is -1.52. The number of hydrogen-bond acceptors (Lipinski definition) is 3. The highest BCUT2D eigenvalue weighted by Gasteiger charge is 2.08. The lowest BCUT2D eigenvalue weighted by Crippen LogP contribution is -1.89. The number of aromatic carboxylic acids is 1. The molecule has 0 unspecified atom stereocenters. The average Bonchev–Trinajstić information content (AvgIpc) is 2.66. The Morgan fingerprint density at radius 3 is 2.75 bits per heavy atom. The van der Waals surface area contributed by atoms with Gasteiger partial charge in [0.2, 0.25) is 0 Å². The number of rotatable bonds is 3. The number of ether oxygens (including phenoxy) is 1. The SMILES string of the molecule is O=C(O)c1ccc(Oc2cccc(Cl)c2)s1. The number of hydrogen-bond donors (Lipinski definition) is 1. The highest BCUT2D eigenvalue weighted by atomic mass is 35.5. The van der Waals surface area contributed by atoms with Crippen molar-refractivity contribution in [2.24, 2.45) is 0 Å². The van der Waals surface area contributed by atoms with Gasteiger partial charge < -0.3 is 9.84 Å². The van der Waals surface area contributed by atoms with Gasteiger partial charge in [0.05, 0.1) is 0 Å². The van der Waals surface area contributed by atoms with Crippen molar-refractivity contribution in [3.05, 3.63) is 46.3 Å². The van der Waals surface area contributed by atoms with Crippen molar-refractivity contribution < 1.29 is 14.6 Å². The molecule has 0 amide bonds. The van der Waals surface area contributed by atoms with Crippen molar-refractivity contribution in [3.8, 4) is 10.8 Å². The predicted octanol–water partition coefficient (Wildman–Crippen LogP) is 3.89. The molecule has 0 bridgehead atoms. The summed E-state index contributed by atoms with van der Waals surface area (Å²) in [5.74, 6) is -0.364. The van der Waals surface area contributed by atoms with E-state index in [0.717, 1.165) is 11.3 Å². The standard InChI is InChI=1S/C11H7ClO3S/c12-7-2-1-3-8(6-7)15-10-5-4-9(16-10)11(13)14/h1-6H,(H,13,14). The fourth-order valence-corrected chi connectivity index (χ4v) is 2.03. The van der Waals surface area contributed by atoms with Crippen molar-refractivity contribution in [1.82, 2.24) is 0 Å². The summed E-state index contributed by atoms with van der Waals surface area (Å²) in [5.41, 5.74) is 0. The van der Waals surface area contributed by atoms with Gasteiger partial charge in [0, 0.05) is 5.02 Å². The summed E-state index contributed by atoms with van der Waals surface area (Å²) >= 11 is 6.87. The first kappa shape index (κ1) is 11.0. The molecule has 0 aliphatic carbocycles. The van der Waals surface area contributed by atoms with Crippen LogP contribution in [0.15, 0.2) is 36.4 Å². The third-order valence-corrected chi connectivity index (χ3v) is 2.99. The first-order chi connectivity index (χ1) is 7.65. The Balaban J connectivity index is 2.17. The second-order valence-electron chi connectivity index (χ2n) is 2.98. The maximum Gasteiger partial charge on any atom is 0.345 e. The molecule has 5 heteroatoms. The van der Waals surface area contributed by atoms with Crippen LogP contribution in [-0.2, 0) is 0 Å². The van der Waals surface area contributed by atoms with Crippen LogP contribution >= 0.6 is 22.9 Å². The molecule has 2 rings (SSSR count). The third kappa shape index (κ3) is 2.53. The molecule has 1 aromatic carbocycles. The van der Waals surface area contributed by atoms with Crippen molar-refractivity contribution in [3.63, 3.8) is 0 Å². The molecule has 2 aromatic rings. The van der Waals surface area contributed by atoms with Crippen molar-refractivity contribution in [2.75, 3.05) is 0 Å². The molecule has 16 heavy (non-hydrogen) atoms. The van der Waals surface area contributed by atoms with E-state index in [-0.39, 0.29) is 4.88 Å². The summed E-state index contributed by atoms with van der Waals surface area (Å²) in [5, 5.41) is 9.85. The molecule has 0 fully saturated rings. The lowest BCUT2D eigenvalue weighted by Gasteiger charge is -2.01. The van der Waals surface area contributed by atoms with Crippen molar-refractivity contribution >= 4 is 28.9 Å². The zero-order valence-electron chi connectivity index (χ0n) is 8.01. The van der Waals surface area contributed by atoms with E-state index >= 15 is 0 Å². The van der Waals surface area contributed by atoms with Gasteiger partial charge in [-0.05, 0) is 30.3 Å². The quantitative estimate of drug-likeness (QED) is 0.904. The summed E-state index contributed by atoms with van der Waals surface area (Å²) in [6.45, 7) is 0. The van der Waals surface area contributed by atoms with Gasteiger partial charge in [-0.1, -0.05) is 29.0 Å². The maximum absolute atomic E-state index is 10.7. The largest absolute Gasteiger partial charge is 0.477 e. The highest BCUT2D eigenvalue weighted by Crippen LogP contribution is 2.30. The fraction of sp³-hybridized carbons (Fsp3) is 0. The maximum atomic E-state index is 10.7. The zero-order chi connectivity index (χ0) is 11.5. The lowest BCUT2D eigenvalue weighted by atomic mass is 10.3. The van der Waals surface area contributed by atoms with Crippen LogP contribution < -0.4 is 4.74 Å². The Morgan fingerprint density at radius 1 is 1.31 bits per heavy atom. The van der Waals surface area contributed by atoms with Gasteiger partial charge in [0.1, 0.15) is 10.6 Å². The Morgan fingerprint density at radius 2 is 2.12 bits per heavy atom. The number of carbonyl (C=O) groups is 1. The molecule has 0 radical (unpaired) electrons. The molecule has 3 nitrogen and oxygen atoms in total. The molecule has 0 aliphatic rings. The molecule has 0 aliphatic heterocycles. The number of benzene rings is 1. The van der Waals surface area contributed by atoms with Gasteiger partial charge in [-0.15, -0.1) is 0 Å². The van der Waals surface area contributed by atoms with Crippen LogP contribution in [-0.4, -0.2) is 11.1 Å². The van der Waals surface area contributed by atoms with Crippen LogP contribution in [0.25, 0.3) is 0 Å². The molecule has 82 valence electrons. The second kappa shape index (κ2) is 4.55. The minimum atomic E-state index is -0.953. The Kier molecular flexibility index (Phi) is 3.12. The summed E-state index contributed by atoms with van der Waals surface area (Å²) in [6, 6.07) is 10.1. The van der Waals surface area contributed by atoms with E-state index in [0.29, 0.717) is 15.8 Å².